The Morgan fingerprint density at radius 3 is 2.00 bits per heavy atom. The van der Waals surface area contributed by atoms with Crippen molar-refractivity contribution >= 4 is 0 Å². The Kier molecular flexibility index (Phi) is 2.99. The smallest absolute Gasteiger partial charge is 0.184 e. The standard InChI is InChI=1S/C6H12O6/c7-1-2-3(8)4(9)5(10)6(11)12-2/h2-11H,1H2/t2-,3-,4+,5?,6-/m1/s1. The van der Waals surface area contributed by atoms with E-state index in [4.69, 9.17) is 25.5 Å². The van der Waals surface area contributed by atoms with Crippen LogP contribution in [0.4, 0.5) is 0 Å². The first-order chi connectivity index (χ1) is 5.57. The summed E-state index contributed by atoms with van der Waals surface area (Å²) in [7, 11) is 0. The Morgan fingerprint density at radius 2 is 1.50 bits per heavy atom. The zero-order valence-electron chi connectivity index (χ0n) is 6.24. The zero-order valence-corrected chi connectivity index (χ0v) is 6.24. The summed E-state index contributed by atoms with van der Waals surface area (Å²) in [6.07, 6.45) is -7.04. The molecule has 0 spiro atoms. The van der Waals surface area contributed by atoms with Crippen molar-refractivity contribution in [3.63, 3.8) is 0 Å². The predicted molar refractivity (Wildman–Crippen MR) is 36.0 cm³/mol. The van der Waals surface area contributed by atoms with Gasteiger partial charge in [-0.1, -0.05) is 0 Å². The van der Waals surface area contributed by atoms with E-state index in [1.54, 1.807) is 0 Å². The van der Waals surface area contributed by atoms with Gasteiger partial charge in [0.1, 0.15) is 24.4 Å². The highest BCUT2D eigenvalue weighted by Crippen LogP contribution is 2.18. The van der Waals surface area contributed by atoms with Crippen molar-refractivity contribution in [2.75, 3.05) is 6.61 Å². The highest BCUT2D eigenvalue weighted by Gasteiger charge is 2.42. The maximum absolute atomic E-state index is 9.12. The summed E-state index contributed by atoms with van der Waals surface area (Å²) < 4.78 is 4.58. The normalized spacial score (nSPS) is 49.2. The summed E-state index contributed by atoms with van der Waals surface area (Å²) in [6, 6.07) is 0. The Morgan fingerprint density at radius 1 is 0.917 bits per heavy atom. The summed E-state index contributed by atoms with van der Waals surface area (Å²) in [6.45, 7) is -0.526. The van der Waals surface area contributed by atoms with Gasteiger partial charge in [-0.2, -0.15) is 0 Å². The second kappa shape index (κ2) is 3.65. The molecular formula is C6H12O6. The number of hydrogen-bond acceptors (Lipinski definition) is 6. The first-order valence-electron chi connectivity index (χ1n) is 3.56. The van der Waals surface area contributed by atoms with E-state index in [0.717, 1.165) is 0 Å². The second-order valence-electron chi connectivity index (χ2n) is 2.72. The van der Waals surface area contributed by atoms with Gasteiger partial charge in [0.05, 0.1) is 6.61 Å². The molecule has 1 saturated heterocycles. The minimum absolute atomic E-state index is 0.526. The van der Waals surface area contributed by atoms with Crippen LogP contribution in [0.25, 0.3) is 0 Å². The minimum atomic E-state index is -1.57. The van der Waals surface area contributed by atoms with Gasteiger partial charge in [0.25, 0.3) is 0 Å². The molecular weight excluding hydrogens is 168 g/mol. The van der Waals surface area contributed by atoms with Crippen LogP contribution in [0.1, 0.15) is 0 Å². The van der Waals surface area contributed by atoms with Crippen molar-refractivity contribution < 1.29 is 30.3 Å². The molecule has 1 fully saturated rings. The van der Waals surface area contributed by atoms with Crippen LogP contribution in [-0.2, 0) is 4.74 Å². The van der Waals surface area contributed by atoms with E-state index in [1.807, 2.05) is 0 Å². The van der Waals surface area contributed by atoms with Crippen LogP contribution in [0.3, 0.4) is 0 Å². The van der Waals surface area contributed by atoms with Crippen molar-refractivity contribution in [2.24, 2.45) is 0 Å². The molecule has 12 heavy (non-hydrogen) atoms. The molecule has 1 aliphatic rings. The molecule has 0 aromatic heterocycles. The molecule has 0 aromatic rings. The predicted octanol–water partition coefficient (Wildman–Crippen LogP) is -3.22. The Balaban J connectivity index is 2.63. The monoisotopic (exact) mass is 180 g/mol. The van der Waals surface area contributed by atoms with E-state index in [9.17, 15) is 0 Å². The van der Waals surface area contributed by atoms with E-state index >= 15 is 0 Å². The highest BCUT2D eigenvalue weighted by atomic mass is 16.6. The van der Waals surface area contributed by atoms with Gasteiger partial charge in [0.15, 0.2) is 6.29 Å². The highest BCUT2D eigenvalue weighted by molar-refractivity contribution is 4.87. The Hall–Kier alpha value is -0.240. The van der Waals surface area contributed by atoms with Gasteiger partial charge in [-0.05, 0) is 0 Å². The average molecular weight is 180 g/mol. The number of ether oxygens (including phenoxy) is 1. The molecule has 0 saturated carbocycles. The van der Waals surface area contributed by atoms with Crippen LogP contribution in [0.15, 0.2) is 0 Å². The number of aliphatic hydroxyl groups excluding tert-OH is 5. The van der Waals surface area contributed by atoms with E-state index in [0.29, 0.717) is 0 Å². The maximum Gasteiger partial charge on any atom is 0.184 e. The lowest BCUT2D eigenvalue weighted by atomic mass is 10.00. The van der Waals surface area contributed by atoms with Gasteiger partial charge >= 0.3 is 0 Å². The summed E-state index contributed by atoms with van der Waals surface area (Å²) in [5, 5.41) is 44.7. The van der Waals surface area contributed by atoms with Gasteiger partial charge in [-0.3, -0.25) is 0 Å². The first-order valence-corrected chi connectivity index (χ1v) is 3.56. The first kappa shape index (κ1) is 9.85. The molecule has 1 aliphatic heterocycles. The van der Waals surface area contributed by atoms with Gasteiger partial charge < -0.3 is 30.3 Å². The molecule has 0 aromatic carbocycles. The van der Waals surface area contributed by atoms with Crippen LogP contribution < -0.4 is 0 Å². The molecule has 0 amide bonds. The molecule has 1 heterocycles. The molecule has 0 aliphatic carbocycles. The van der Waals surface area contributed by atoms with E-state index in [2.05, 4.69) is 4.74 Å². The number of hydrogen-bond donors (Lipinski definition) is 5. The van der Waals surface area contributed by atoms with Crippen LogP contribution in [0.2, 0.25) is 0 Å². The molecule has 5 N–H and O–H groups in total. The topological polar surface area (TPSA) is 110 Å². The van der Waals surface area contributed by atoms with E-state index < -0.39 is 37.3 Å². The van der Waals surface area contributed by atoms with Crippen molar-refractivity contribution in [1.29, 1.82) is 0 Å². The number of aliphatic hydroxyl groups is 5. The van der Waals surface area contributed by atoms with Crippen molar-refractivity contribution in [3.05, 3.63) is 0 Å². The van der Waals surface area contributed by atoms with Crippen LogP contribution in [0, 0.1) is 0 Å². The fraction of sp³-hybridized carbons (Fsp3) is 1.00. The molecule has 0 radical (unpaired) electrons. The third-order valence-electron chi connectivity index (χ3n) is 1.87. The van der Waals surface area contributed by atoms with E-state index in [1.165, 1.54) is 0 Å². The SMILES string of the molecule is OC[C@H]1O[C@@H](O)C(O)[C@@H](O)[C@@H]1O. The number of rotatable bonds is 1. The Labute approximate surface area is 68.6 Å². The average Bonchev–Trinajstić information content (AvgIpc) is 2.08. The lowest BCUT2D eigenvalue weighted by Crippen LogP contribution is -2.58. The van der Waals surface area contributed by atoms with Gasteiger partial charge in [0, 0.05) is 0 Å². The van der Waals surface area contributed by atoms with Gasteiger partial charge in [0.2, 0.25) is 0 Å². The molecule has 1 rings (SSSR count). The molecule has 5 atom stereocenters. The van der Waals surface area contributed by atoms with Crippen molar-refractivity contribution in [2.45, 2.75) is 30.7 Å². The summed E-state index contributed by atoms with van der Waals surface area (Å²) in [4.78, 5) is 0. The lowest BCUT2D eigenvalue weighted by Gasteiger charge is -2.37. The van der Waals surface area contributed by atoms with Crippen LogP contribution in [0.5, 0.6) is 0 Å². The molecule has 0 bridgehead atoms. The summed E-state index contributed by atoms with van der Waals surface area (Å²) in [5.41, 5.74) is 0. The lowest BCUT2D eigenvalue weighted by molar-refractivity contribution is -0.286. The fourth-order valence-electron chi connectivity index (χ4n) is 1.08. The van der Waals surface area contributed by atoms with Gasteiger partial charge in [-0.25, -0.2) is 0 Å². The third kappa shape index (κ3) is 1.58. The van der Waals surface area contributed by atoms with Gasteiger partial charge in [-0.15, -0.1) is 0 Å². The van der Waals surface area contributed by atoms with E-state index in [-0.39, 0.29) is 0 Å². The quantitative estimate of drug-likeness (QED) is 0.290. The van der Waals surface area contributed by atoms with Crippen LogP contribution >= 0.6 is 0 Å². The van der Waals surface area contributed by atoms with Crippen molar-refractivity contribution in [1.82, 2.24) is 0 Å². The molecule has 1 unspecified atom stereocenters. The van der Waals surface area contributed by atoms with Crippen molar-refractivity contribution in [3.8, 4) is 0 Å². The molecule has 6 heteroatoms. The third-order valence-corrected chi connectivity index (χ3v) is 1.87. The van der Waals surface area contributed by atoms with Crippen LogP contribution in [-0.4, -0.2) is 62.8 Å². The molecule has 72 valence electrons. The summed E-state index contributed by atoms with van der Waals surface area (Å²) in [5.74, 6) is 0. The largest absolute Gasteiger partial charge is 0.394 e. The Bertz CT molecular complexity index is 146. The second-order valence-corrected chi connectivity index (χ2v) is 2.72. The minimum Gasteiger partial charge on any atom is -0.394 e. The molecule has 6 nitrogen and oxygen atoms in total. The summed E-state index contributed by atoms with van der Waals surface area (Å²) >= 11 is 0. The fourth-order valence-corrected chi connectivity index (χ4v) is 1.08. The zero-order chi connectivity index (χ0) is 9.30. The maximum atomic E-state index is 9.12.